The van der Waals surface area contributed by atoms with Gasteiger partial charge < -0.3 is 27.1 Å². The van der Waals surface area contributed by atoms with Gasteiger partial charge in [-0.1, -0.05) is 0 Å². The van der Waals surface area contributed by atoms with E-state index in [1.807, 2.05) is 0 Å². The van der Waals surface area contributed by atoms with Crippen molar-refractivity contribution in [2.45, 2.75) is 0 Å². The smallest absolute Gasteiger partial charge is 0.271 e. The van der Waals surface area contributed by atoms with E-state index in [0.29, 0.717) is 11.2 Å². The van der Waals surface area contributed by atoms with Gasteiger partial charge in [-0.3, -0.25) is 14.4 Å². The molecule has 0 saturated heterocycles. The first kappa shape index (κ1) is 14.4. The van der Waals surface area contributed by atoms with E-state index in [9.17, 15) is 14.4 Å². The molecule has 0 aliphatic rings. The number of H-pyrrole nitrogens is 1. The third-order valence-corrected chi connectivity index (χ3v) is 2.86. The van der Waals surface area contributed by atoms with Crippen LogP contribution in [0, 0.1) is 0 Å². The summed E-state index contributed by atoms with van der Waals surface area (Å²) in [6, 6.07) is 6.71. The Morgan fingerprint density at radius 2 is 1.67 bits per heavy atom. The predicted octanol–water partition coefficient (Wildman–Crippen LogP) is -0.837. The van der Waals surface area contributed by atoms with E-state index in [1.54, 1.807) is 24.3 Å². The number of nitrogens with one attached hydrogen (secondary N) is 1. The first-order valence-electron chi connectivity index (χ1n) is 6.11. The van der Waals surface area contributed by atoms with Gasteiger partial charge in [-0.05, 0) is 24.3 Å². The zero-order chi connectivity index (χ0) is 15.6. The molecule has 0 spiro atoms. The van der Waals surface area contributed by atoms with Crippen LogP contribution in [0.5, 0.6) is 0 Å². The van der Waals surface area contributed by atoms with Crippen molar-refractivity contribution >= 4 is 34.3 Å². The average Bonchev–Trinajstić information content (AvgIpc) is 2.78. The maximum Gasteiger partial charge on any atom is 0.271 e. The number of aromatic nitrogens is 1. The van der Waals surface area contributed by atoms with Gasteiger partial charge >= 0.3 is 0 Å². The highest BCUT2D eigenvalue weighted by molar-refractivity contribution is 6.01. The zero-order valence-electron chi connectivity index (χ0n) is 11.1. The molecule has 1 aromatic carbocycles. The summed E-state index contributed by atoms with van der Waals surface area (Å²) < 4.78 is 0. The molecular weight excluding hydrogens is 274 g/mol. The first-order valence-corrected chi connectivity index (χ1v) is 6.11. The Labute approximate surface area is 119 Å². The van der Waals surface area contributed by atoms with E-state index in [0.717, 1.165) is 10.3 Å². The number of anilines is 1. The van der Waals surface area contributed by atoms with Crippen LogP contribution in [0.25, 0.3) is 10.9 Å². The van der Waals surface area contributed by atoms with Crippen molar-refractivity contribution in [2.24, 2.45) is 11.5 Å². The molecule has 8 nitrogen and oxygen atoms in total. The van der Waals surface area contributed by atoms with Gasteiger partial charge in [-0.25, -0.2) is 0 Å². The van der Waals surface area contributed by atoms with Crippen LogP contribution in [-0.4, -0.2) is 40.7 Å². The summed E-state index contributed by atoms with van der Waals surface area (Å²) in [6.07, 6.45) is 0. The summed E-state index contributed by atoms with van der Waals surface area (Å²) in [5, 5.41) is 0.747. The molecule has 110 valence electrons. The maximum absolute atomic E-state index is 12.3. The molecule has 1 heterocycles. The van der Waals surface area contributed by atoms with E-state index in [4.69, 9.17) is 17.2 Å². The molecule has 0 aliphatic carbocycles. The number of nitrogens with zero attached hydrogens (tertiary/aromatic N) is 1. The summed E-state index contributed by atoms with van der Waals surface area (Å²) in [5.74, 6) is -2.00. The van der Waals surface area contributed by atoms with Gasteiger partial charge in [0.2, 0.25) is 11.8 Å². The molecule has 0 atom stereocenters. The number of carbonyl (C=O) groups excluding carboxylic acids is 3. The van der Waals surface area contributed by atoms with Crippen molar-refractivity contribution in [3.05, 3.63) is 30.0 Å². The van der Waals surface area contributed by atoms with Crippen LogP contribution in [0.15, 0.2) is 24.3 Å². The minimum absolute atomic E-state index is 0.220. The van der Waals surface area contributed by atoms with E-state index < -0.39 is 17.7 Å². The number of hydrogen-bond acceptors (Lipinski definition) is 4. The molecule has 0 unspecified atom stereocenters. The van der Waals surface area contributed by atoms with Crippen molar-refractivity contribution in [3.63, 3.8) is 0 Å². The highest BCUT2D eigenvalue weighted by atomic mass is 16.2. The van der Waals surface area contributed by atoms with Gasteiger partial charge in [-0.2, -0.15) is 0 Å². The number of benzene rings is 1. The van der Waals surface area contributed by atoms with Crippen LogP contribution in [-0.2, 0) is 9.59 Å². The third-order valence-electron chi connectivity index (χ3n) is 2.86. The fourth-order valence-corrected chi connectivity index (χ4v) is 2.01. The van der Waals surface area contributed by atoms with E-state index in [1.165, 1.54) is 0 Å². The van der Waals surface area contributed by atoms with Crippen LogP contribution < -0.4 is 17.2 Å². The van der Waals surface area contributed by atoms with Crippen molar-refractivity contribution in [2.75, 3.05) is 18.8 Å². The second-order valence-corrected chi connectivity index (χ2v) is 4.62. The fraction of sp³-hybridized carbons (Fsp3) is 0.154. The second kappa shape index (κ2) is 5.53. The summed E-state index contributed by atoms with van der Waals surface area (Å²) in [4.78, 5) is 38.2. The van der Waals surface area contributed by atoms with Crippen molar-refractivity contribution in [1.29, 1.82) is 0 Å². The molecule has 8 heteroatoms. The zero-order valence-corrected chi connectivity index (χ0v) is 11.1. The molecule has 2 rings (SSSR count). The van der Waals surface area contributed by atoms with Gasteiger partial charge in [0.25, 0.3) is 5.91 Å². The fourth-order valence-electron chi connectivity index (χ4n) is 2.01. The minimum Gasteiger partial charge on any atom is -0.399 e. The second-order valence-electron chi connectivity index (χ2n) is 4.62. The van der Waals surface area contributed by atoms with Crippen molar-refractivity contribution < 1.29 is 14.4 Å². The number of fused-ring (bicyclic) bond motifs is 1. The lowest BCUT2D eigenvalue weighted by Gasteiger charge is -2.18. The molecule has 7 N–H and O–H groups in total. The number of primary amides is 2. The summed E-state index contributed by atoms with van der Waals surface area (Å²) in [6.45, 7) is -0.779. The van der Waals surface area contributed by atoms with Gasteiger partial charge in [0.05, 0.1) is 0 Å². The minimum atomic E-state index is -0.732. The number of nitrogen functional groups attached to an aromatic ring is 1. The Bertz CT molecular complexity index is 706. The average molecular weight is 289 g/mol. The number of amides is 3. The quantitative estimate of drug-likeness (QED) is 0.531. The molecule has 0 saturated carbocycles. The lowest BCUT2D eigenvalue weighted by atomic mass is 10.2. The number of hydrogen-bond donors (Lipinski definition) is 4. The van der Waals surface area contributed by atoms with E-state index in [-0.39, 0.29) is 18.8 Å². The predicted molar refractivity (Wildman–Crippen MR) is 77.0 cm³/mol. The standard InChI is InChI=1S/C13H15N5O3/c14-8-1-2-9-7(3-8)4-10(17-9)13(21)18(5-11(15)19)6-12(16)20/h1-4,17H,5-6,14H2,(H2,15,19)(H2,16,20). The Morgan fingerprint density at radius 3 is 2.24 bits per heavy atom. The third kappa shape index (κ3) is 3.30. The molecule has 1 aromatic heterocycles. The van der Waals surface area contributed by atoms with Gasteiger partial charge in [0.15, 0.2) is 0 Å². The van der Waals surface area contributed by atoms with Gasteiger partial charge in [0, 0.05) is 16.6 Å². The summed E-state index contributed by atoms with van der Waals surface area (Å²) in [5.41, 5.74) is 17.3. The first-order chi connectivity index (χ1) is 9.86. The molecule has 21 heavy (non-hydrogen) atoms. The van der Waals surface area contributed by atoms with Crippen molar-refractivity contribution in [3.8, 4) is 0 Å². The Balaban J connectivity index is 2.33. The highest BCUT2D eigenvalue weighted by Gasteiger charge is 2.21. The van der Waals surface area contributed by atoms with Crippen LogP contribution in [0.2, 0.25) is 0 Å². The maximum atomic E-state index is 12.3. The largest absolute Gasteiger partial charge is 0.399 e. The highest BCUT2D eigenvalue weighted by Crippen LogP contribution is 2.19. The normalized spacial score (nSPS) is 10.5. The van der Waals surface area contributed by atoms with Gasteiger partial charge in [0.1, 0.15) is 18.8 Å². The van der Waals surface area contributed by atoms with E-state index in [2.05, 4.69) is 4.98 Å². The molecule has 0 fully saturated rings. The van der Waals surface area contributed by atoms with Crippen LogP contribution in [0.4, 0.5) is 5.69 Å². The lowest BCUT2D eigenvalue weighted by Crippen LogP contribution is -2.43. The molecule has 2 aromatic rings. The summed E-state index contributed by atoms with van der Waals surface area (Å²) in [7, 11) is 0. The molecule has 0 radical (unpaired) electrons. The van der Waals surface area contributed by atoms with Gasteiger partial charge in [-0.15, -0.1) is 0 Å². The van der Waals surface area contributed by atoms with Crippen LogP contribution >= 0.6 is 0 Å². The number of rotatable bonds is 5. The summed E-state index contributed by atoms with van der Waals surface area (Å²) >= 11 is 0. The molecule has 0 aliphatic heterocycles. The number of carbonyl (C=O) groups is 3. The number of aromatic amines is 1. The van der Waals surface area contributed by atoms with Crippen LogP contribution in [0.3, 0.4) is 0 Å². The Kier molecular flexibility index (Phi) is 3.79. The molecule has 0 bridgehead atoms. The van der Waals surface area contributed by atoms with Crippen LogP contribution in [0.1, 0.15) is 10.5 Å². The topological polar surface area (TPSA) is 148 Å². The molecular formula is C13H15N5O3. The monoisotopic (exact) mass is 289 g/mol. The number of nitrogens with two attached hydrogens (primary N) is 3. The Hall–Kier alpha value is -3.03. The lowest BCUT2D eigenvalue weighted by molar-refractivity contribution is -0.121. The SMILES string of the molecule is NC(=O)CN(CC(N)=O)C(=O)c1cc2cc(N)ccc2[nH]1. The molecule has 3 amide bonds. The Morgan fingerprint density at radius 1 is 1.05 bits per heavy atom. The van der Waals surface area contributed by atoms with Crippen molar-refractivity contribution in [1.82, 2.24) is 9.88 Å². The van der Waals surface area contributed by atoms with E-state index >= 15 is 0 Å².